The number of carbonyl (C=O) groups is 3. The fourth-order valence-electron chi connectivity index (χ4n) is 2.21. The molecule has 0 aliphatic carbocycles. The lowest BCUT2D eigenvalue weighted by atomic mass is 10.1. The number of nitrogens with one attached hydrogen (secondary N) is 2. The van der Waals surface area contributed by atoms with E-state index < -0.39 is 35.4 Å². The van der Waals surface area contributed by atoms with Crippen molar-refractivity contribution < 1.29 is 28.6 Å². The van der Waals surface area contributed by atoms with Crippen LogP contribution in [0.2, 0.25) is 0 Å². The van der Waals surface area contributed by atoms with Crippen LogP contribution < -0.4 is 10.6 Å². The normalized spacial score (nSPS) is 12.2. The summed E-state index contributed by atoms with van der Waals surface area (Å²) in [6.45, 7) is 10.2. The molecule has 1 aromatic carbocycles. The van der Waals surface area contributed by atoms with E-state index in [-0.39, 0.29) is 12.4 Å². The number of methoxy groups -OCH3 is 1. The third-order valence-corrected chi connectivity index (χ3v) is 3.27. The molecular weight excluding hydrogens is 390 g/mol. The maximum Gasteiger partial charge on any atom is 0.414 e. The molecule has 1 rings (SSSR count). The van der Waals surface area contributed by atoms with Crippen molar-refractivity contribution in [3.8, 4) is 0 Å². The number of alkyl carbamates (subject to hydrolysis) is 2. The molecule has 2 amide bonds. The minimum atomic E-state index is -1.02. The van der Waals surface area contributed by atoms with E-state index in [1.165, 1.54) is 7.11 Å². The average molecular weight is 421 g/mol. The van der Waals surface area contributed by atoms with E-state index in [0.29, 0.717) is 0 Å². The third kappa shape index (κ3) is 10.4. The molecule has 0 saturated heterocycles. The van der Waals surface area contributed by atoms with Gasteiger partial charge in [0.25, 0.3) is 0 Å². The zero-order valence-corrected chi connectivity index (χ0v) is 18.6. The first-order valence-electron chi connectivity index (χ1n) is 9.48. The first-order valence-corrected chi connectivity index (χ1v) is 9.48. The van der Waals surface area contributed by atoms with Gasteiger partial charge in [-0.3, -0.25) is 10.6 Å². The van der Waals surface area contributed by atoms with Crippen molar-refractivity contribution in [2.45, 2.75) is 65.2 Å². The van der Waals surface area contributed by atoms with Crippen molar-refractivity contribution in [1.29, 1.82) is 0 Å². The van der Waals surface area contributed by atoms with Crippen LogP contribution in [0.25, 0.3) is 0 Å². The van der Waals surface area contributed by atoms with E-state index >= 15 is 0 Å². The topological polar surface area (TPSA) is 115 Å². The molecule has 0 fully saturated rings. The van der Waals surface area contributed by atoms with Gasteiger partial charge in [-0.25, -0.2) is 19.4 Å². The zero-order chi connectivity index (χ0) is 22.9. The Hall–Kier alpha value is -3.10. The van der Waals surface area contributed by atoms with Gasteiger partial charge in [0.15, 0.2) is 6.04 Å². The molecule has 0 bridgehead atoms. The molecule has 30 heavy (non-hydrogen) atoms. The molecule has 0 aromatic heterocycles. The number of nitrogens with zero attached hydrogens (tertiary/aromatic N) is 1. The number of esters is 1. The summed E-state index contributed by atoms with van der Waals surface area (Å²) in [5, 5.41) is 4.71. The van der Waals surface area contributed by atoms with E-state index in [0.717, 1.165) is 5.56 Å². The maximum atomic E-state index is 12.3. The molecule has 0 radical (unpaired) electrons. The number of amides is 2. The molecule has 0 aliphatic rings. The van der Waals surface area contributed by atoms with Crippen molar-refractivity contribution in [3.05, 3.63) is 35.9 Å². The molecule has 1 unspecified atom stereocenters. The van der Waals surface area contributed by atoms with Crippen molar-refractivity contribution in [2.75, 3.05) is 7.11 Å². The van der Waals surface area contributed by atoms with Gasteiger partial charge in [-0.15, -0.1) is 0 Å². The Morgan fingerprint density at radius 2 is 1.37 bits per heavy atom. The number of hydrogen-bond donors (Lipinski definition) is 2. The maximum absolute atomic E-state index is 12.3. The molecule has 9 nitrogen and oxygen atoms in total. The number of hydrogen-bond acceptors (Lipinski definition) is 7. The minimum absolute atomic E-state index is 0.197. The van der Waals surface area contributed by atoms with Gasteiger partial charge >= 0.3 is 18.2 Å². The number of aliphatic imine (C=N–C) groups is 1. The van der Waals surface area contributed by atoms with Gasteiger partial charge < -0.3 is 14.2 Å². The molecule has 2 N–H and O–H groups in total. The average Bonchev–Trinajstić information content (AvgIpc) is 2.57. The molecule has 9 heteroatoms. The Bertz CT molecular complexity index is 731. The van der Waals surface area contributed by atoms with Crippen LogP contribution in [0.3, 0.4) is 0 Å². The largest absolute Gasteiger partial charge is 0.467 e. The second kappa shape index (κ2) is 10.6. The lowest BCUT2D eigenvalue weighted by Gasteiger charge is -2.22. The monoisotopic (exact) mass is 421 g/mol. The lowest BCUT2D eigenvalue weighted by molar-refractivity contribution is -0.142. The van der Waals surface area contributed by atoms with Crippen LogP contribution in [0.15, 0.2) is 35.3 Å². The fourth-order valence-corrected chi connectivity index (χ4v) is 2.21. The standard InChI is InChI=1S/C21H31N3O6/c1-20(2,3)29-18(26)23-17(24-19(27)30-21(4,5)6)22-15(16(25)28-7)13-14-11-9-8-10-12-14/h8-12,15H,13H2,1-7H3,(H2,22,23,24,26,27). The number of ether oxygens (including phenoxy) is 3. The van der Waals surface area contributed by atoms with Gasteiger partial charge in [0.05, 0.1) is 7.11 Å². The molecule has 1 aromatic rings. The predicted octanol–water partition coefficient (Wildman–Crippen LogP) is 3.18. The van der Waals surface area contributed by atoms with E-state index in [1.807, 2.05) is 30.3 Å². The fraction of sp³-hybridized carbons (Fsp3) is 0.524. The Labute approximate surface area is 177 Å². The summed E-state index contributed by atoms with van der Waals surface area (Å²) in [5.74, 6) is -0.918. The molecule has 0 heterocycles. The van der Waals surface area contributed by atoms with E-state index in [1.54, 1.807) is 41.5 Å². The molecule has 0 spiro atoms. The summed E-state index contributed by atoms with van der Waals surface area (Å²) in [6, 6.07) is 8.14. The molecule has 166 valence electrons. The summed E-state index contributed by atoms with van der Waals surface area (Å²) in [6.07, 6.45) is -1.50. The van der Waals surface area contributed by atoms with E-state index in [2.05, 4.69) is 15.6 Å². The SMILES string of the molecule is COC(=O)C(Cc1ccccc1)N=C(NC(=O)OC(C)(C)C)NC(=O)OC(C)(C)C. The van der Waals surface area contributed by atoms with Crippen LogP contribution in [-0.2, 0) is 25.4 Å². The quantitative estimate of drug-likeness (QED) is 0.334. The summed E-state index contributed by atoms with van der Waals surface area (Å²) in [5.41, 5.74) is -0.717. The summed E-state index contributed by atoms with van der Waals surface area (Å²) < 4.78 is 15.2. The molecular formula is C21H31N3O6. The second-order valence-electron chi connectivity index (χ2n) is 8.46. The summed E-state index contributed by atoms with van der Waals surface area (Å²) in [4.78, 5) is 40.8. The zero-order valence-electron chi connectivity index (χ0n) is 18.6. The van der Waals surface area contributed by atoms with Crippen LogP contribution in [0.4, 0.5) is 9.59 Å². The summed E-state index contributed by atoms with van der Waals surface area (Å²) >= 11 is 0. The number of guanidine groups is 1. The van der Waals surface area contributed by atoms with Crippen LogP contribution in [0, 0.1) is 0 Å². The Morgan fingerprint density at radius 3 is 1.77 bits per heavy atom. The van der Waals surface area contributed by atoms with Gasteiger partial charge in [0, 0.05) is 6.42 Å². The second-order valence-corrected chi connectivity index (χ2v) is 8.46. The lowest BCUT2D eigenvalue weighted by Crippen LogP contribution is -2.48. The third-order valence-electron chi connectivity index (χ3n) is 3.27. The number of benzene rings is 1. The molecule has 0 saturated carbocycles. The van der Waals surface area contributed by atoms with Crippen molar-refractivity contribution in [3.63, 3.8) is 0 Å². The Kier molecular flexibility index (Phi) is 8.82. The highest BCUT2D eigenvalue weighted by Crippen LogP contribution is 2.10. The van der Waals surface area contributed by atoms with E-state index in [9.17, 15) is 14.4 Å². The van der Waals surface area contributed by atoms with Gasteiger partial charge in [-0.05, 0) is 47.1 Å². The first-order chi connectivity index (χ1) is 13.8. The van der Waals surface area contributed by atoms with Crippen molar-refractivity contribution in [1.82, 2.24) is 10.6 Å². The van der Waals surface area contributed by atoms with Crippen LogP contribution in [0.5, 0.6) is 0 Å². The van der Waals surface area contributed by atoms with Crippen molar-refractivity contribution >= 4 is 24.1 Å². The Balaban J connectivity index is 3.14. The highest BCUT2D eigenvalue weighted by atomic mass is 16.6. The van der Waals surface area contributed by atoms with Crippen molar-refractivity contribution in [2.24, 2.45) is 4.99 Å². The highest BCUT2D eigenvalue weighted by Gasteiger charge is 2.25. The number of carbonyl (C=O) groups excluding carboxylic acids is 3. The van der Waals surface area contributed by atoms with Gasteiger partial charge in [0.1, 0.15) is 11.2 Å². The first kappa shape index (κ1) is 24.9. The van der Waals surface area contributed by atoms with Gasteiger partial charge in [-0.1, -0.05) is 30.3 Å². The van der Waals surface area contributed by atoms with Gasteiger partial charge in [-0.2, -0.15) is 0 Å². The molecule has 1 atom stereocenters. The van der Waals surface area contributed by atoms with Crippen LogP contribution in [0.1, 0.15) is 47.1 Å². The summed E-state index contributed by atoms with van der Waals surface area (Å²) in [7, 11) is 1.23. The van der Waals surface area contributed by atoms with E-state index in [4.69, 9.17) is 14.2 Å². The van der Waals surface area contributed by atoms with Crippen LogP contribution in [-0.4, -0.2) is 48.5 Å². The van der Waals surface area contributed by atoms with Crippen LogP contribution >= 0.6 is 0 Å². The molecule has 0 aliphatic heterocycles. The smallest absolute Gasteiger partial charge is 0.414 e. The number of rotatable bonds is 4. The minimum Gasteiger partial charge on any atom is -0.467 e. The predicted molar refractivity (Wildman–Crippen MR) is 112 cm³/mol. The highest BCUT2D eigenvalue weighted by molar-refractivity contribution is 6.02. The van der Waals surface area contributed by atoms with Gasteiger partial charge in [0.2, 0.25) is 5.96 Å². The Morgan fingerprint density at radius 1 is 0.900 bits per heavy atom.